The van der Waals surface area contributed by atoms with Crippen LogP contribution >= 0.6 is 0 Å². The summed E-state index contributed by atoms with van der Waals surface area (Å²) in [7, 11) is 0. The SMILES string of the molecule is C=C1/C(=C(C#N)\C(C#N)=C2\CCc3ccccc3C2)CCc2ccccc21. The molecule has 2 aliphatic carbocycles. The number of hydrogen-bond acceptors (Lipinski definition) is 2. The summed E-state index contributed by atoms with van der Waals surface area (Å²) in [5.41, 5.74) is 8.95. The van der Waals surface area contributed by atoms with Gasteiger partial charge >= 0.3 is 0 Å². The molecular formula is C25H20N2. The summed E-state index contributed by atoms with van der Waals surface area (Å²) in [6.45, 7) is 4.26. The third-order valence-corrected chi connectivity index (χ3v) is 5.70. The van der Waals surface area contributed by atoms with Gasteiger partial charge in [-0.1, -0.05) is 55.1 Å². The van der Waals surface area contributed by atoms with Gasteiger partial charge in [0.1, 0.15) is 12.1 Å². The van der Waals surface area contributed by atoms with Gasteiger partial charge in [0.2, 0.25) is 0 Å². The van der Waals surface area contributed by atoms with Crippen molar-refractivity contribution in [3.05, 3.63) is 99.7 Å². The summed E-state index contributed by atoms with van der Waals surface area (Å²) in [5, 5.41) is 19.9. The first-order valence-corrected chi connectivity index (χ1v) is 9.33. The molecule has 27 heavy (non-hydrogen) atoms. The van der Waals surface area contributed by atoms with E-state index in [4.69, 9.17) is 0 Å². The molecule has 0 aliphatic heterocycles. The molecule has 0 amide bonds. The molecule has 4 rings (SSSR count). The number of allylic oxidation sites excluding steroid dienone is 5. The molecule has 0 fully saturated rings. The number of fused-ring (bicyclic) bond motifs is 2. The van der Waals surface area contributed by atoms with Crippen molar-refractivity contribution in [1.29, 1.82) is 10.5 Å². The molecule has 0 saturated carbocycles. The maximum atomic E-state index is 9.94. The van der Waals surface area contributed by atoms with Gasteiger partial charge in [0.25, 0.3) is 0 Å². The Morgan fingerprint density at radius 2 is 1.37 bits per heavy atom. The van der Waals surface area contributed by atoms with Crippen LogP contribution in [0.1, 0.15) is 35.1 Å². The molecule has 2 heteroatoms. The van der Waals surface area contributed by atoms with E-state index >= 15 is 0 Å². The van der Waals surface area contributed by atoms with E-state index in [1.807, 2.05) is 18.2 Å². The summed E-state index contributed by atoms with van der Waals surface area (Å²) in [4.78, 5) is 0. The van der Waals surface area contributed by atoms with Crippen molar-refractivity contribution in [2.24, 2.45) is 0 Å². The molecule has 0 saturated heterocycles. The lowest BCUT2D eigenvalue weighted by molar-refractivity contribution is 0.828. The van der Waals surface area contributed by atoms with Crippen LogP contribution in [0.4, 0.5) is 0 Å². The Kier molecular flexibility index (Phi) is 4.49. The number of benzene rings is 2. The Morgan fingerprint density at radius 3 is 2.11 bits per heavy atom. The minimum Gasteiger partial charge on any atom is -0.192 e. The van der Waals surface area contributed by atoms with E-state index in [0.717, 1.165) is 54.4 Å². The third-order valence-electron chi connectivity index (χ3n) is 5.70. The lowest BCUT2D eigenvalue weighted by atomic mass is 9.79. The monoisotopic (exact) mass is 348 g/mol. The van der Waals surface area contributed by atoms with Crippen LogP contribution in [-0.2, 0) is 19.3 Å². The zero-order valence-electron chi connectivity index (χ0n) is 15.3. The van der Waals surface area contributed by atoms with E-state index in [1.54, 1.807) is 0 Å². The van der Waals surface area contributed by atoms with Crippen molar-refractivity contribution in [3.63, 3.8) is 0 Å². The van der Waals surface area contributed by atoms with Crippen molar-refractivity contribution >= 4 is 5.57 Å². The fourth-order valence-corrected chi connectivity index (χ4v) is 4.26. The minimum absolute atomic E-state index is 0.520. The van der Waals surface area contributed by atoms with Gasteiger partial charge in [-0.2, -0.15) is 10.5 Å². The van der Waals surface area contributed by atoms with Gasteiger partial charge in [0.15, 0.2) is 0 Å². The average Bonchev–Trinajstić information content (AvgIpc) is 2.72. The molecular weight excluding hydrogens is 328 g/mol. The fourth-order valence-electron chi connectivity index (χ4n) is 4.26. The van der Waals surface area contributed by atoms with Crippen LogP contribution in [-0.4, -0.2) is 0 Å². The van der Waals surface area contributed by atoms with Crippen molar-refractivity contribution in [1.82, 2.24) is 0 Å². The molecule has 2 aromatic carbocycles. The van der Waals surface area contributed by atoms with Crippen molar-refractivity contribution < 1.29 is 0 Å². The van der Waals surface area contributed by atoms with Crippen LogP contribution in [0.2, 0.25) is 0 Å². The van der Waals surface area contributed by atoms with Gasteiger partial charge in [-0.15, -0.1) is 0 Å². The standard InChI is InChI=1S/C25H20N2/c1-17-22-9-5-4-7-19(22)12-13-23(17)25(16-27)24(15-26)21-11-10-18-6-2-3-8-20(18)14-21/h2-9H,1,10-14H2/b24-21-,25-23-. The first-order chi connectivity index (χ1) is 13.2. The average molecular weight is 348 g/mol. The molecule has 0 heterocycles. The smallest absolute Gasteiger partial charge is 0.101 e. The predicted octanol–water partition coefficient (Wildman–Crippen LogP) is 5.48. The van der Waals surface area contributed by atoms with E-state index in [2.05, 4.69) is 49.0 Å². The second-order valence-electron chi connectivity index (χ2n) is 7.14. The first kappa shape index (κ1) is 17.1. The van der Waals surface area contributed by atoms with Crippen LogP contribution in [0.5, 0.6) is 0 Å². The number of hydrogen-bond donors (Lipinski definition) is 0. The lowest BCUT2D eigenvalue weighted by Crippen LogP contribution is -2.11. The molecule has 0 unspecified atom stereocenters. The maximum Gasteiger partial charge on any atom is 0.101 e. The molecule has 2 aromatic rings. The highest BCUT2D eigenvalue weighted by Crippen LogP contribution is 2.38. The van der Waals surface area contributed by atoms with E-state index in [9.17, 15) is 10.5 Å². The third kappa shape index (κ3) is 3.01. The lowest BCUT2D eigenvalue weighted by Gasteiger charge is -2.24. The topological polar surface area (TPSA) is 47.6 Å². The van der Waals surface area contributed by atoms with Gasteiger partial charge < -0.3 is 0 Å². The normalized spacial score (nSPS) is 19.3. The molecule has 0 radical (unpaired) electrons. The van der Waals surface area contributed by atoms with Gasteiger partial charge in [-0.3, -0.25) is 0 Å². The summed E-state index contributed by atoms with van der Waals surface area (Å²) >= 11 is 0. The van der Waals surface area contributed by atoms with E-state index in [-0.39, 0.29) is 0 Å². The highest BCUT2D eigenvalue weighted by atomic mass is 14.3. The van der Waals surface area contributed by atoms with Crippen molar-refractivity contribution in [2.45, 2.75) is 32.1 Å². The van der Waals surface area contributed by atoms with Crippen molar-refractivity contribution in [2.75, 3.05) is 0 Å². The molecule has 2 aliphatic rings. The van der Waals surface area contributed by atoms with E-state index in [1.165, 1.54) is 16.7 Å². The second-order valence-corrected chi connectivity index (χ2v) is 7.14. The van der Waals surface area contributed by atoms with Gasteiger partial charge in [-0.05, 0) is 71.1 Å². The first-order valence-electron chi connectivity index (χ1n) is 9.33. The molecule has 0 spiro atoms. The van der Waals surface area contributed by atoms with Crippen LogP contribution in [0.25, 0.3) is 5.57 Å². The number of nitrogens with zero attached hydrogens (tertiary/aromatic N) is 2. The summed E-state index contributed by atoms with van der Waals surface area (Å²) in [6.07, 6.45) is 4.15. The van der Waals surface area contributed by atoms with Crippen LogP contribution in [0.3, 0.4) is 0 Å². The predicted molar refractivity (Wildman–Crippen MR) is 108 cm³/mol. The Labute approximate surface area is 160 Å². The Morgan fingerprint density at radius 1 is 0.741 bits per heavy atom. The summed E-state index contributed by atoms with van der Waals surface area (Å²) in [5.74, 6) is 0. The zero-order chi connectivity index (χ0) is 18.8. The summed E-state index contributed by atoms with van der Waals surface area (Å²) < 4.78 is 0. The second kappa shape index (κ2) is 7.10. The maximum absolute atomic E-state index is 9.94. The molecule has 0 bridgehead atoms. The molecule has 2 nitrogen and oxygen atoms in total. The Bertz CT molecular complexity index is 1080. The van der Waals surface area contributed by atoms with Crippen LogP contribution < -0.4 is 0 Å². The minimum atomic E-state index is 0.520. The van der Waals surface area contributed by atoms with Gasteiger partial charge in [-0.25, -0.2) is 0 Å². The molecule has 0 aromatic heterocycles. The van der Waals surface area contributed by atoms with Crippen LogP contribution in [0, 0.1) is 22.7 Å². The summed E-state index contributed by atoms with van der Waals surface area (Å²) in [6, 6.07) is 21.3. The van der Waals surface area contributed by atoms with Crippen molar-refractivity contribution in [3.8, 4) is 12.1 Å². The number of rotatable bonds is 1. The molecule has 130 valence electrons. The Hall–Kier alpha value is -3.36. The largest absolute Gasteiger partial charge is 0.192 e. The number of aryl methyl sites for hydroxylation is 2. The van der Waals surface area contributed by atoms with E-state index < -0.39 is 0 Å². The highest BCUT2D eigenvalue weighted by Gasteiger charge is 2.24. The Balaban J connectivity index is 1.81. The van der Waals surface area contributed by atoms with E-state index in [0.29, 0.717) is 11.1 Å². The fraction of sp³-hybridized carbons (Fsp3) is 0.200. The zero-order valence-corrected chi connectivity index (χ0v) is 15.3. The molecule has 0 atom stereocenters. The van der Waals surface area contributed by atoms with Crippen LogP contribution in [0.15, 0.2) is 77.4 Å². The van der Waals surface area contributed by atoms with Gasteiger partial charge in [0.05, 0.1) is 11.1 Å². The molecule has 0 N–H and O–H groups in total. The van der Waals surface area contributed by atoms with Gasteiger partial charge in [0, 0.05) is 0 Å². The highest BCUT2D eigenvalue weighted by molar-refractivity contribution is 5.84. The number of nitriles is 2. The quantitative estimate of drug-likeness (QED) is 0.641.